The van der Waals surface area contributed by atoms with Crippen LogP contribution < -0.4 is 0 Å². The molecule has 0 fully saturated rings. The van der Waals surface area contributed by atoms with Crippen LogP contribution >= 0.6 is 11.6 Å². The second kappa shape index (κ2) is 8.91. The van der Waals surface area contributed by atoms with E-state index in [4.69, 9.17) is 11.6 Å². The van der Waals surface area contributed by atoms with Crippen molar-refractivity contribution in [3.63, 3.8) is 0 Å². The average Bonchev–Trinajstić information content (AvgIpc) is 3.35. The molecule has 7 nitrogen and oxygen atoms in total. The summed E-state index contributed by atoms with van der Waals surface area (Å²) in [5, 5.41) is 8.61. The number of amides is 2. The van der Waals surface area contributed by atoms with E-state index in [1.807, 2.05) is 0 Å². The molecule has 4 aromatic rings. The second-order valence-electron chi connectivity index (χ2n) is 8.77. The number of halogens is 4. The number of fused-ring (bicyclic) bond motifs is 4. The Bertz CT molecular complexity index is 1630. The number of hydrogen-bond donors (Lipinski definition) is 0. The molecule has 0 atom stereocenters. The molecule has 11 heteroatoms. The van der Waals surface area contributed by atoms with Crippen molar-refractivity contribution in [1.82, 2.24) is 19.7 Å². The summed E-state index contributed by atoms with van der Waals surface area (Å²) < 4.78 is 44.3. The highest BCUT2D eigenvalue weighted by molar-refractivity contribution is 6.35. The first-order valence-corrected chi connectivity index (χ1v) is 12.0. The van der Waals surface area contributed by atoms with Gasteiger partial charge < -0.3 is 0 Å². The average molecular weight is 536 g/mol. The molecular weight excluding hydrogens is 519 g/mol. The van der Waals surface area contributed by atoms with Crippen LogP contribution in [0.4, 0.5) is 13.2 Å². The number of rotatable bonds is 4. The zero-order chi connectivity index (χ0) is 26.6. The van der Waals surface area contributed by atoms with E-state index in [2.05, 4.69) is 15.2 Å². The predicted molar refractivity (Wildman–Crippen MR) is 133 cm³/mol. The molecule has 0 unspecified atom stereocenters. The highest BCUT2D eigenvalue weighted by Gasteiger charge is 2.39. The molecule has 0 bridgehead atoms. The fraction of sp³-hybridized carbons (Fsp3) is 0.148. The molecule has 0 radical (unpaired) electrons. The normalized spacial score (nSPS) is 14.6. The fourth-order valence-electron chi connectivity index (χ4n) is 4.85. The van der Waals surface area contributed by atoms with E-state index in [0.717, 1.165) is 11.0 Å². The second-order valence-corrected chi connectivity index (χ2v) is 9.18. The van der Waals surface area contributed by atoms with Crippen LogP contribution in [0.15, 0.2) is 71.7 Å². The Balaban J connectivity index is 1.44. The Labute approximate surface area is 219 Å². The molecule has 0 saturated carbocycles. The lowest BCUT2D eigenvalue weighted by atomic mass is 9.97. The van der Waals surface area contributed by atoms with Crippen molar-refractivity contribution >= 4 is 29.1 Å². The molecule has 0 aliphatic carbocycles. The van der Waals surface area contributed by atoms with Gasteiger partial charge in [-0.1, -0.05) is 54.1 Å². The van der Waals surface area contributed by atoms with Gasteiger partial charge in [0.05, 0.1) is 28.1 Å². The summed E-state index contributed by atoms with van der Waals surface area (Å²) in [6, 6.07) is 17.1. The first-order valence-electron chi connectivity index (χ1n) is 11.6. The highest BCUT2D eigenvalue weighted by atomic mass is 35.5. The van der Waals surface area contributed by atoms with Crippen molar-refractivity contribution < 1.29 is 22.8 Å². The van der Waals surface area contributed by atoms with Crippen LogP contribution in [0.1, 0.15) is 49.1 Å². The Morgan fingerprint density at radius 3 is 2.11 bits per heavy atom. The van der Waals surface area contributed by atoms with Crippen LogP contribution in [0.5, 0.6) is 0 Å². The minimum absolute atomic E-state index is 0.00841. The number of para-hydroxylation sites is 1. The summed E-state index contributed by atoms with van der Waals surface area (Å²) in [4.78, 5) is 31.3. The maximum absolute atomic E-state index is 14.3. The van der Waals surface area contributed by atoms with Crippen molar-refractivity contribution in [2.75, 3.05) is 6.54 Å². The molecule has 2 aliphatic heterocycles. The van der Waals surface area contributed by atoms with Gasteiger partial charge in [0.2, 0.25) is 0 Å². The number of carbonyl (C=O) groups is 2. The van der Waals surface area contributed by atoms with Crippen molar-refractivity contribution in [2.45, 2.75) is 19.1 Å². The first-order chi connectivity index (χ1) is 18.3. The maximum Gasteiger partial charge on any atom is 0.418 e. The van der Waals surface area contributed by atoms with Gasteiger partial charge in [0.15, 0.2) is 5.82 Å². The summed E-state index contributed by atoms with van der Waals surface area (Å²) >= 11 is 6.40. The highest BCUT2D eigenvalue weighted by Crippen LogP contribution is 2.39. The van der Waals surface area contributed by atoms with Gasteiger partial charge in [-0.2, -0.15) is 13.2 Å². The van der Waals surface area contributed by atoms with Crippen molar-refractivity contribution in [3.8, 4) is 5.69 Å². The van der Waals surface area contributed by atoms with Crippen molar-refractivity contribution in [1.29, 1.82) is 0 Å². The number of imide groups is 1. The summed E-state index contributed by atoms with van der Waals surface area (Å²) in [5.74, 6) is -0.545. The topological polar surface area (TPSA) is 80.5 Å². The Morgan fingerprint density at radius 1 is 0.816 bits per heavy atom. The van der Waals surface area contributed by atoms with E-state index < -0.39 is 23.6 Å². The zero-order valence-electron chi connectivity index (χ0n) is 19.5. The Morgan fingerprint density at radius 2 is 1.45 bits per heavy atom. The van der Waals surface area contributed by atoms with Gasteiger partial charge in [-0.05, 0) is 24.3 Å². The SMILES string of the molecule is O=C1c2ccccc2C(=O)N1CCc1nnc2n1-c1c(cccc1C(F)(F)F)C(c1ccccc1Cl)=NC2. The summed E-state index contributed by atoms with van der Waals surface area (Å²) in [5.41, 5.74) is 0.524. The largest absolute Gasteiger partial charge is 0.418 e. The molecule has 6 rings (SSSR count). The van der Waals surface area contributed by atoms with Gasteiger partial charge in [0.25, 0.3) is 11.8 Å². The summed E-state index contributed by atoms with van der Waals surface area (Å²) in [6.07, 6.45) is -4.70. The van der Waals surface area contributed by atoms with Crippen molar-refractivity contribution in [2.24, 2.45) is 4.99 Å². The van der Waals surface area contributed by atoms with Gasteiger partial charge >= 0.3 is 6.18 Å². The van der Waals surface area contributed by atoms with Crippen molar-refractivity contribution in [3.05, 3.63) is 111 Å². The number of carbonyl (C=O) groups excluding carboxylic acids is 2. The standard InChI is InChI=1S/C27H17ClF3N5O2/c28-20-11-4-3-8-17(20)23-18-9-5-10-19(27(29,30)31)24(18)36-21(33-34-22(36)14-32-23)12-13-35-25(37)15-6-1-2-7-16(15)26(35)38/h1-11H,12-14H2. The van der Waals surface area contributed by atoms with Crippen LogP contribution in [0.3, 0.4) is 0 Å². The van der Waals surface area contributed by atoms with E-state index in [1.54, 1.807) is 54.6 Å². The third-order valence-corrected chi connectivity index (χ3v) is 6.89. The number of aliphatic imine (C=N–C) groups is 1. The first kappa shape index (κ1) is 24.1. The molecule has 0 N–H and O–H groups in total. The van der Waals surface area contributed by atoms with Crippen LogP contribution in [-0.2, 0) is 19.1 Å². The molecule has 3 aromatic carbocycles. The number of alkyl halides is 3. The van der Waals surface area contributed by atoms with E-state index in [-0.39, 0.29) is 42.4 Å². The Kier molecular flexibility index (Phi) is 5.64. The van der Waals surface area contributed by atoms with Gasteiger partial charge in [-0.25, -0.2) is 0 Å². The molecule has 1 aromatic heterocycles. The Hall–Kier alpha value is -4.31. The number of nitrogens with zero attached hydrogens (tertiary/aromatic N) is 5. The smallest absolute Gasteiger partial charge is 0.280 e. The molecule has 2 aliphatic rings. The lowest BCUT2D eigenvalue weighted by Crippen LogP contribution is -2.32. The minimum atomic E-state index is -4.69. The number of aromatic nitrogens is 3. The molecule has 38 heavy (non-hydrogen) atoms. The van der Waals surface area contributed by atoms with E-state index >= 15 is 0 Å². The zero-order valence-corrected chi connectivity index (χ0v) is 20.3. The van der Waals surface area contributed by atoms with E-state index in [1.165, 1.54) is 10.6 Å². The third kappa shape index (κ3) is 3.79. The van der Waals surface area contributed by atoms with E-state index in [0.29, 0.717) is 27.4 Å². The van der Waals surface area contributed by atoms with Crippen LogP contribution in [0.2, 0.25) is 5.02 Å². The van der Waals surface area contributed by atoms with Crippen LogP contribution in [-0.4, -0.2) is 43.7 Å². The van der Waals surface area contributed by atoms with Gasteiger partial charge in [-0.15, -0.1) is 10.2 Å². The lowest BCUT2D eigenvalue weighted by molar-refractivity contribution is -0.137. The minimum Gasteiger partial charge on any atom is -0.280 e. The molecule has 0 saturated heterocycles. The van der Waals surface area contributed by atoms with E-state index in [9.17, 15) is 22.8 Å². The molecule has 190 valence electrons. The maximum atomic E-state index is 14.3. The monoisotopic (exact) mass is 535 g/mol. The third-order valence-electron chi connectivity index (χ3n) is 6.56. The quantitative estimate of drug-likeness (QED) is 0.339. The van der Waals surface area contributed by atoms with Crippen LogP contribution in [0, 0.1) is 0 Å². The molecule has 3 heterocycles. The van der Waals surface area contributed by atoms with Gasteiger partial charge in [0, 0.05) is 29.1 Å². The van der Waals surface area contributed by atoms with Gasteiger partial charge in [0.1, 0.15) is 12.4 Å². The van der Waals surface area contributed by atoms with Crippen LogP contribution in [0.25, 0.3) is 5.69 Å². The molecule has 0 spiro atoms. The lowest BCUT2D eigenvalue weighted by Gasteiger charge is -2.20. The number of benzene rings is 3. The summed E-state index contributed by atoms with van der Waals surface area (Å²) in [6.45, 7) is -0.126. The fourth-order valence-corrected chi connectivity index (χ4v) is 5.08. The van der Waals surface area contributed by atoms with Gasteiger partial charge in [-0.3, -0.25) is 24.0 Å². The molecular formula is C27H17ClF3N5O2. The predicted octanol–water partition coefficient (Wildman–Crippen LogP) is 5.13. The summed E-state index contributed by atoms with van der Waals surface area (Å²) in [7, 11) is 0. The molecule has 2 amide bonds. The number of hydrogen-bond acceptors (Lipinski definition) is 5.